The largest absolute Gasteiger partial charge is 0.344 e. The molecule has 0 saturated carbocycles. The molecule has 2 aromatic heterocycles. The minimum absolute atomic E-state index is 0.731. The number of nitrogens with zero attached hydrogens (tertiary/aromatic N) is 4. The van der Waals surface area contributed by atoms with Gasteiger partial charge in [0.15, 0.2) is 0 Å². The molecular formula is C20H21N5. The van der Waals surface area contributed by atoms with Crippen molar-refractivity contribution >= 4 is 34.1 Å². The predicted octanol–water partition coefficient (Wildman–Crippen LogP) is 4.30. The molecule has 0 fully saturated rings. The van der Waals surface area contributed by atoms with Gasteiger partial charge >= 0.3 is 0 Å². The Bertz CT molecular complexity index is 1080. The van der Waals surface area contributed by atoms with Crippen molar-refractivity contribution in [2.45, 2.75) is 20.4 Å². The highest BCUT2D eigenvalue weighted by Crippen LogP contribution is 2.24. The normalized spacial score (nSPS) is 11.8. The second-order valence-electron chi connectivity index (χ2n) is 6.11. The van der Waals surface area contributed by atoms with Gasteiger partial charge in [-0.1, -0.05) is 30.3 Å². The van der Waals surface area contributed by atoms with Crippen LogP contribution >= 0.6 is 0 Å². The molecule has 0 aliphatic carbocycles. The summed E-state index contributed by atoms with van der Waals surface area (Å²) < 4.78 is 4.32. The topological polar surface area (TPSA) is 47.1 Å². The molecule has 0 bridgehead atoms. The number of fused-ring (bicyclic) bond motifs is 2. The van der Waals surface area contributed by atoms with E-state index in [9.17, 15) is 0 Å². The first-order valence-electron chi connectivity index (χ1n) is 8.49. The van der Waals surface area contributed by atoms with Crippen molar-refractivity contribution in [3.8, 4) is 0 Å². The summed E-state index contributed by atoms with van der Waals surface area (Å²) in [5, 5.41) is 5.67. The molecule has 0 aliphatic heterocycles. The second-order valence-corrected chi connectivity index (χ2v) is 6.11. The van der Waals surface area contributed by atoms with E-state index in [1.807, 2.05) is 36.0 Å². The lowest BCUT2D eigenvalue weighted by Gasteiger charge is -2.03. The standard InChI is InChI=1S/C20H21N5/c1-4-25-14(2)16(15-9-5-7-11-18(15)25)13-21-23-20-22-17-10-6-8-12-19(17)24(20)3/h5-13H,4H2,1-3H3,(H,22,23)/b21-13-. The number of aromatic nitrogens is 3. The van der Waals surface area contributed by atoms with E-state index in [1.165, 1.54) is 16.6 Å². The summed E-state index contributed by atoms with van der Waals surface area (Å²) in [5.74, 6) is 0.731. The van der Waals surface area contributed by atoms with Crippen molar-refractivity contribution in [3.63, 3.8) is 0 Å². The molecule has 0 aliphatic rings. The molecule has 0 amide bonds. The van der Waals surface area contributed by atoms with E-state index in [0.29, 0.717) is 0 Å². The van der Waals surface area contributed by atoms with Crippen LogP contribution in [-0.4, -0.2) is 20.3 Å². The highest BCUT2D eigenvalue weighted by Gasteiger charge is 2.11. The number of hydrogen-bond donors (Lipinski definition) is 1. The van der Waals surface area contributed by atoms with E-state index in [1.54, 1.807) is 0 Å². The number of hydrazone groups is 1. The highest BCUT2D eigenvalue weighted by molar-refractivity contribution is 6.01. The fourth-order valence-electron chi connectivity index (χ4n) is 3.43. The van der Waals surface area contributed by atoms with Crippen LogP contribution in [0.2, 0.25) is 0 Å². The summed E-state index contributed by atoms with van der Waals surface area (Å²) in [6, 6.07) is 16.5. The molecule has 5 heteroatoms. The summed E-state index contributed by atoms with van der Waals surface area (Å²) in [6.07, 6.45) is 1.89. The minimum Gasteiger partial charge on any atom is -0.344 e. The first-order valence-corrected chi connectivity index (χ1v) is 8.49. The first-order chi connectivity index (χ1) is 12.2. The Morgan fingerprint density at radius 1 is 1.08 bits per heavy atom. The fraction of sp³-hybridized carbons (Fsp3) is 0.200. The molecule has 0 spiro atoms. The van der Waals surface area contributed by atoms with Crippen molar-refractivity contribution < 1.29 is 0 Å². The number of aryl methyl sites for hydroxylation is 2. The molecule has 1 N–H and O–H groups in total. The van der Waals surface area contributed by atoms with Crippen molar-refractivity contribution in [1.82, 2.24) is 14.1 Å². The Labute approximate surface area is 146 Å². The zero-order valence-corrected chi connectivity index (χ0v) is 14.7. The maximum atomic E-state index is 4.58. The molecule has 25 heavy (non-hydrogen) atoms. The van der Waals surface area contributed by atoms with Gasteiger partial charge < -0.3 is 9.13 Å². The van der Waals surface area contributed by atoms with Crippen LogP contribution < -0.4 is 5.43 Å². The lowest BCUT2D eigenvalue weighted by atomic mass is 10.1. The Morgan fingerprint density at radius 3 is 2.56 bits per heavy atom. The third-order valence-electron chi connectivity index (χ3n) is 4.74. The maximum absolute atomic E-state index is 4.58. The molecule has 4 aromatic rings. The van der Waals surface area contributed by atoms with Crippen LogP contribution in [0.3, 0.4) is 0 Å². The molecule has 2 aromatic carbocycles. The zero-order valence-electron chi connectivity index (χ0n) is 14.7. The van der Waals surface area contributed by atoms with Gasteiger partial charge in [0.25, 0.3) is 0 Å². The van der Waals surface area contributed by atoms with Crippen molar-refractivity contribution in [1.29, 1.82) is 0 Å². The molecular weight excluding hydrogens is 310 g/mol. The average Bonchev–Trinajstić information content (AvgIpc) is 3.10. The summed E-state index contributed by atoms with van der Waals surface area (Å²) in [5.41, 5.74) is 8.73. The molecule has 0 radical (unpaired) electrons. The number of rotatable bonds is 4. The van der Waals surface area contributed by atoms with Gasteiger partial charge in [0.1, 0.15) is 0 Å². The quantitative estimate of drug-likeness (QED) is 0.447. The number of hydrogen-bond acceptors (Lipinski definition) is 3. The number of benzene rings is 2. The predicted molar refractivity (Wildman–Crippen MR) is 104 cm³/mol. The Kier molecular flexibility index (Phi) is 3.76. The van der Waals surface area contributed by atoms with Crippen LogP contribution in [0.25, 0.3) is 21.9 Å². The highest BCUT2D eigenvalue weighted by atomic mass is 15.4. The first kappa shape index (κ1) is 15.4. The minimum atomic E-state index is 0.731. The monoisotopic (exact) mass is 331 g/mol. The van der Waals surface area contributed by atoms with E-state index in [2.05, 4.69) is 64.3 Å². The lowest BCUT2D eigenvalue weighted by Crippen LogP contribution is -2.00. The van der Waals surface area contributed by atoms with Gasteiger partial charge in [-0.05, 0) is 32.0 Å². The number of para-hydroxylation sites is 3. The molecule has 0 unspecified atom stereocenters. The summed E-state index contributed by atoms with van der Waals surface area (Å²) in [4.78, 5) is 4.58. The van der Waals surface area contributed by atoms with E-state index in [-0.39, 0.29) is 0 Å². The number of anilines is 1. The third-order valence-corrected chi connectivity index (χ3v) is 4.74. The van der Waals surface area contributed by atoms with Crippen molar-refractivity contribution in [2.24, 2.45) is 12.1 Å². The smallest absolute Gasteiger partial charge is 0.224 e. The number of imidazole rings is 1. The average molecular weight is 331 g/mol. The molecule has 0 saturated heterocycles. The van der Waals surface area contributed by atoms with Gasteiger partial charge in [-0.25, -0.2) is 10.4 Å². The van der Waals surface area contributed by atoms with Crippen LogP contribution in [0.15, 0.2) is 53.6 Å². The lowest BCUT2D eigenvalue weighted by molar-refractivity contribution is 0.769. The van der Waals surface area contributed by atoms with Crippen LogP contribution in [0.1, 0.15) is 18.2 Å². The van der Waals surface area contributed by atoms with E-state index >= 15 is 0 Å². The van der Waals surface area contributed by atoms with Gasteiger partial charge in [0.2, 0.25) is 5.95 Å². The summed E-state index contributed by atoms with van der Waals surface area (Å²) in [7, 11) is 1.99. The van der Waals surface area contributed by atoms with E-state index < -0.39 is 0 Å². The number of nitrogens with one attached hydrogen (secondary N) is 1. The SMILES string of the molecule is CCn1c(C)c(/C=N\Nc2nc3ccccc3n2C)c2ccccc21. The van der Waals surface area contributed by atoms with E-state index in [4.69, 9.17) is 0 Å². The van der Waals surface area contributed by atoms with Gasteiger partial charge in [-0.3, -0.25) is 0 Å². The Balaban J connectivity index is 1.69. The summed E-state index contributed by atoms with van der Waals surface area (Å²) in [6.45, 7) is 5.25. The molecule has 0 atom stereocenters. The Hall–Kier alpha value is -3.08. The van der Waals surface area contributed by atoms with Gasteiger partial charge in [-0.2, -0.15) is 5.10 Å². The van der Waals surface area contributed by atoms with Crippen molar-refractivity contribution in [2.75, 3.05) is 5.43 Å². The maximum Gasteiger partial charge on any atom is 0.224 e. The van der Waals surface area contributed by atoms with Gasteiger partial charge in [0, 0.05) is 35.8 Å². The van der Waals surface area contributed by atoms with Crippen molar-refractivity contribution in [3.05, 3.63) is 59.8 Å². The van der Waals surface area contributed by atoms with E-state index in [0.717, 1.165) is 29.1 Å². The Morgan fingerprint density at radius 2 is 1.80 bits per heavy atom. The molecule has 4 rings (SSSR count). The summed E-state index contributed by atoms with van der Waals surface area (Å²) >= 11 is 0. The van der Waals surface area contributed by atoms with Crippen LogP contribution in [0.5, 0.6) is 0 Å². The van der Waals surface area contributed by atoms with Crippen LogP contribution in [0.4, 0.5) is 5.95 Å². The van der Waals surface area contributed by atoms with Gasteiger partial charge in [0.05, 0.1) is 17.2 Å². The zero-order chi connectivity index (χ0) is 17.4. The third kappa shape index (κ3) is 2.48. The van der Waals surface area contributed by atoms with Crippen LogP contribution in [0, 0.1) is 6.92 Å². The molecule has 126 valence electrons. The second kappa shape index (κ2) is 6.09. The van der Waals surface area contributed by atoms with Gasteiger partial charge in [-0.15, -0.1) is 0 Å². The fourth-order valence-corrected chi connectivity index (χ4v) is 3.43. The van der Waals surface area contributed by atoms with Crippen LogP contribution in [-0.2, 0) is 13.6 Å². The molecule has 5 nitrogen and oxygen atoms in total. The molecule has 2 heterocycles.